The molecule has 2 aromatic carbocycles. The first-order chi connectivity index (χ1) is 12.0. The predicted molar refractivity (Wildman–Crippen MR) is 91.5 cm³/mol. The fourth-order valence-corrected chi connectivity index (χ4v) is 3.12. The van der Waals surface area contributed by atoms with Gasteiger partial charge in [-0.3, -0.25) is 4.79 Å². The first-order valence-corrected chi connectivity index (χ1v) is 8.51. The molecule has 1 fully saturated rings. The van der Waals surface area contributed by atoms with E-state index in [0.717, 1.165) is 25.0 Å². The smallest absolute Gasteiger partial charge is 0.255 e. The molecule has 25 heavy (non-hydrogen) atoms. The van der Waals surface area contributed by atoms with Crippen molar-refractivity contribution in [2.24, 2.45) is 0 Å². The van der Waals surface area contributed by atoms with Crippen LogP contribution in [-0.4, -0.2) is 30.0 Å². The summed E-state index contributed by atoms with van der Waals surface area (Å²) in [6.45, 7) is 1.28. The molecule has 0 saturated carbocycles. The van der Waals surface area contributed by atoms with Gasteiger partial charge in [0, 0.05) is 13.1 Å². The highest BCUT2D eigenvalue weighted by molar-refractivity contribution is 6.33. The lowest BCUT2D eigenvalue weighted by molar-refractivity contribution is -0.00681. The molecule has 1 aliphatic heterocycles. The summed E-state index contributed by atoms with van der Waals surface area (Å²) in [5.41, 5.74) is 1.04. The maximum Gasteiger partial charge on any atom is 0.255 e. The van der Waals surface area contributed by atoms with Crippen molar-refractivity contribution in [3.05, 3.63) is 70.2 Å². The molecule has 1 heterocycles. The molecule has 0 radical (unpaired) electrons. The molecule has 132 valence electrons. The molecule has 0 unspecified atom stereocenters. The van der Waals surface area contributed by atoms with E-state index in [2.05, 4.69) is 0 Å². The van der Waals surface area contributed by atoms with E-state index >= 15 is 0 Å². The van der Waals surface area contributed by atoms with Crippen LogP contribution in [0.25, 0.3) is 0 Å². The van der Waals surface area contributed by atoms with E-state index in [1.807, 2.05) is 0 Å². The molecule has 1 saturated heterocycles. The Bertz CT molecular complexity index is 769. The SMILES string of the molecule is O=C(c1ccccc1Cl)N1CCC[C@@H](OCc2ccc(F)c(F)c2)C1. The molecule has 1 aliphatic rings. The van der Waals surface area contributed by atoms with Gasteiger partial charge >= 0.3 is 0 Å². The number of amides is 1. The number of benzene rings is 2. The molecule has 3 nitrogen and oxygen atoms in total. The average Bonchev–Trinajstić information content (AvgIpc) is 2.63. The van der Waals surface area contributed by atoms with Crippen molar-refractivity contribution in [1.29, 1.82) is 0 Å². The van der Waals surface area contributed by atoms with Crippen LogP contribution in [0.3, 0.4) is 0 Å². The lowest BCUT2D eigenvalue weighted by Gasteiger charge is -2.33. The Kier molecular flexibility index (Phi) is 5.66. The summed E-state index contributed by atoms with van der Waals surface area (Å²) < 4.78 is 32.0. The van der Waals surface area contributed by atoms with Crippen LogP contribution in [-0.2, 0) is 11.3 Å². The summed E-state index contributed by atoms with van der Waals surface area (Å²) in [5.74, 6) is -1.88. The predicted octanol–water partition coefficient (Wildman–Crippen LogP) is 4.44. The Morgan fingerprint density at radius 1 is 1.20 bits per heavy atom. The Morgan fingerprint density at radius 2 is 2.00 bits per heavy atom. The van der Waals surface area contributed by atoms with Crippen LogP contribution < -0.4 is 0 Å². The van der Waals surface area contributed by atoms with Crippen LogP contribution in [0.4, 0.5) is 8.78 Å². The standard InChI is InChI=1S/C19H18ClF2NO2/c20-16-6-2-1-5-15(16)19(24)23-9-3-4-14(11-23)25-12-13-7-8-17(21)18(22)10-13/h1-2,5-8,10,14H,3-4,9,11-12H2/t14-/m1/s1. The average molecular weight is 366 g/mol. The van der Waals surface area contributed by atoms with E-state index in [9.17, 15) is 13.6 Å². The topological polar surface area (TPSA) is 29.5 Å². The van der Waals surface area contributed by atoms with Gasteiger partial charge in [-0.1, -0.05) is 29.8 Å². The number of carbonyl (C=O) groups is 1. The van der Waals surface area contributed by atoms with E-state index < -0.39 is 11.6 Å². The fourth-order valence-electron chi connectivity index (χ4n) is 2.91. The maximum absolute atomic E-state index is 13.2. The van der Waals surface area contributed by atoms with Crippen molar-refractivity contribution in [3.8, 4) is 0 Å². The Hall–Kier alpha value is -1.98. The number of ether oxygens (including phenoxy) is 1. The van der Waals surface area contributed by atoms with Crippen LogP contribution in [0.5, 0.6) is 0 Å². The minimum Gasteiger partial charge on any atom is -0.372 e. The van der Waals surface area contributed by atoms with Crippen molar-refractivity contribution >= 4 is 17.5 Å². The summed E-state index contributed by atoms with van der Waals surface area (Å²) in [5, 5.41) is 0.428. The molecule has 0 bridgehead atoms. The molecular formula is C19H18ClF2NO2. The van der Waals surface area contributed by atoms with Crippen molar-refractivity contribution < 1.29 is 18.3 Å². The normalized spacial score (nSPS) is 17.6. The van der Waals surface area contributed by atoms with E-state index in [-0.39, 0.29) is 18.6 Å². The third-order valence-electron chi connectivity index (χ3n) is 4.24. The van der Waals surface area contributed by atoms with Gasteiger partial charge in [0.2, 0.25) is 0 Å². The van der Waals surface area contributed by atoms with Gasteiger partial charge in [0.05, 0.1) is 23.3 Å². The zero-order valence-corrected chi connectivity index (χ0v) is 14.3. The van der Waals surface area contributed by atoms with Gasteiger partial charge in [-0.05, 0) is 42.7 Å². The number of piperidine rings is 1. The maximum atomic E-state index is 13.2. The summed E-state index contributed by atoms with van der Waals surface area (Å²) in [4.78, 5) is 14.3. The zero-order valence-electron chi connectivity index (χ0n) is 13.6. The third-order valence-corrected chi connectivity index (χ3v) is 4.57. The third kappa shape index (κ3) is 4.35. The highest BCUT2D eigenvalue weighted by Gasteiger charge is 2.26. The highest BCUT2D eigenvalue weighted by atomic mass is 35.5. The molecule has 1 amide bonds. The highest BCUT2D eigenvalue weighted by Crippen LogP contribution is 2.21. The summed E-state index contributed by atoms with van der Waals surface area (Å²) in [7, 11) is 0. The summed E-state index contributed by atoms with van der Waals surface area (Å²) in [6, 6.07) is 10.7. The van der Waals surface area contributed by atoms with Crippen molar-refractivity contribution in [3.63, 3.8) is 0 Å². The number of likely N-dealkylation sites (tertiary alicyclic amines) is 1. The van der Waals surface area contributed by atoms with Gasteiger partial charge in [0.15, 0.2) is 11.6 Å². The molecule has 3 rings (SSSR count). The van der Waals surface area contributed by atoms with Crippen LogP contribution in [0.15, 0.2) is 42.5 Å². The Balaban J connectivity index is 1.60. The largest absolute Gasteiger partial charge is 0.372 e. The first-order valence-electron chi connectivity index (χ1n) is 8.14. The number of halogens is 3. The quantitative estimate of drug-likeness (QED) is 0.801. The molecule has 0 N–H and O–H groups in total. The lowest BCUT2D eigenvalue weighted by atomic mass is 10.1. The van der Waals surface area contributed by atoms with Gasteiger partial charge in [-0.2, -0.15) is 0 Å². The minimum atomic E-state index is -0.889. The molecule has 0 spiro atoms. The monoisotopic (exact) mass is 365 g/mol. The molecule has 0 aliphatic carbocycles. The Labute approximate surface area is 150 Å². The number of carbonyl (C=O) groups excluding carboxylic acids is 1. The van der Waals surface area contributed by atoms with Crippen LogP contribution in [0.2, 0.25) is 5.02 Å². The van der Waals surface area contributed by atoms with Crippen LogP contribution in [0, 0.1) is 11.6 Å². The minimum absolute atomic E-state index is 0.119. The van der Waals surface area contributed by atoms with Crippen molar-refractivity contribution in [2.75, 3.05) is 13.1 Å². The summed E-state index contributed by atoms with van der Waals surface area (Å²) in [6.07, 6.45) is 1.49. The molecule has 2 aromatic rings. The van der Waals surface area contributed by atoms with Gasteiger partial charge < -0.3 is 9.64 Å². The van der Waals surface area contributed by atoms with Gasteiger partial charge in [0.25, 0.3) is 5.91 Å². The van der Waals surface area contributed by atoms with E-state index in [1.165, 1.54) is 6.07 Å². The van der Waals surface area contributed by atoms with Gasteiger partial charge in [-0.25, -0.2) is 8.78 Å². The van der Waals surface area contributed by atoms with Gasteiger partial charge in [0.1, 0.15) is 0 Å². The molecule has 1 atom stereocenters. The number of hydrogen-bond acceptors (Lipinski definition) is 2. The van der Waals surface area contributed by atoms with E-state index in [0.29, 0.717) is 29.2 Å². The van der Waals surface area contributed by atoms with Crippen LogP contribution in [0.1, 0.15) is 28.8 Å². The number of nitrogens with zero attached hydrogens (tertiary/aromatic N) is 1. The molecular weight excluding hydrogens is 348 g/mol. The first kappa shape index (κ1) is 17.8. The van der Waals surface area contributed by atoms with Gasteiger partial charge in [-0.15, -0.1) is 0 Å². The second-order valence-electron chi connectivity index (χ2n) is 6.05. The van der Waals surface area contributed by atoms with Crippen molar-refractivity contribution in [2.45, 2.75) is 25.6 Å². The lowest BCUT2D eigenvalue weighted by Crippen LogP contribution is -2.43. The van der Waals surface area contributed by atoms with E-state index in [4.69, 9.17) is 16.3 Å². The van der Waals surface area contributed by atoms with Crippen LogP contribution >= 0.6 is 11.6 Å². The number of rotatable bonds is 4. The number of hydrogen-bond donors (Lipinski definition) is 0. The Morgan fingerprint density at radius 3 is 2.76 bits per heavy atom. The molecule has 6 heteroatoms. The second kappa shape index (κ2) is 7.93. The second-order valence-corrected chi connectivity index (χ2v) is 6.46. The van der Waals surface area contributed by atoms with Crippen molar-refractivity contribution in [1.82, 2.24) is 4.90 Å². The zero-order chi connectivity index (χ0) is 17.8. The fraction of sp³-hybridized carbons (Fsp3) is 0.316. The summed E-state index contributed by atoms with van der Waals surface area (Å²) >= 11 is 6.10. The van der Waals surface area contributed by atoms with E-state index in [1.54, 1.807) is 29.2 Å². The molecule has 0 aromatic heterocycles.